The minimum Gasteiger partial charge on any atom is -0.316 e. The van der Waals surface area contributed by atoms with Crippen LogP contribution in [0.5, 0.6) is 0 Å². The Morgan fingerprint density at radius 3 is 2.90 bits per heavy atom. The van der Waals surface area contributed by atoms with Gasteiger partial charge < -0.3 is 10.2 Å². The molecule has 1 saturated heterocycles. The maximum Gasteiger partial charge on any atom is 0.226 e. The number of carbonyl (C=O) groups excluding carboxylic acids is 1. The van der Waals surface area contributed by atoms with Crippen LogP contribution >= 0.6 is 11.6 Å². The Morgan fingerprint density at radius 2 is 2.29 bits per heavy atom. The van der Waals surface area contributed by atoms with E-state index in [1.165, 1.54) is 12.8 Å². The molecular formula is C17H25ClN2O. The summed E-state index contributed by atoms with van der Waals surface area (Å²) in [5, 5.41) is 4.13. The van der Waals surface area contributed by atoms with Gasteiger partial charge in [0, 0.05) is 24.2 Å². The smallest absolute Gasteiger partial charge is 0.226 e. The normalized spacial score (nSPS) is 20.1. The van der Waals surface area contributed by atoms with Gasteiger partial charge in [0.2, 0.25) is 5.91 Å². The molecule has 2 rings (SSSR count). The summed E-state index contributed by atoms with van der Waals surface area (Å²) < 4.78 is 0. The van der Waals surface area contributed by atoms with Gasteiger partial charge in [-0.15, -0.1) is 0 Å². The molecule has 0 aliphatic carbocycles. The lowest BCUT2D eigenvalue weighted by atomic mass is 9.85. The van der Waals surface area contributed by atoms with Gasteiger partial charge in [0.1, 0.15) is 0 Å². The predicted octanol–water partition coefficient (Wildman–Crippen LogP) is 3.64. The standard InChI is InChI=1S/C17H25ClN2O/c1-12-6-7-15(10-16(12)18)20(3)17(21)9-13(2)14-5-4-8-19-11-14/h6-7,10,13-14,19H,4-5,8-9,11H2,1-3H3. The first-order valence-corrected chi connectivity index (χ1v) is 8.10. The van der Waals surface area contributed by atoms with Crippen molar-refractivity contribution >= 4 is 23.2 Å². The molecule has 4 heteroatoms. The summed E-state index contributed by atoms with van der Waals surface area (Å²) in [4.78, 5) is 14.2. The summed E-state index contributed by atoms with van der Waals surface area (Å²) in [7, 11) is 1.83. The lowest BCUT2D eigenvalue weighted by molar-refractivity contribution is -0.119. The van der Waals surface area contributed by atoms with Gasteiger partial charge in [-0.25, -0.2) is 0 Å². The number of hydrogen-bond donors (Lipinski definition) is 1. The third-order valence-electron chi connectivity index (χ3n) is 4.55. The van der Waals surface area contributed by atoms with Crippen molar-refractivity contribution in [1.82, 2.24) is 5.32 Å². The molecule has 2 unspecified atom stereocenters. The van der Waals surface area contributed by atoms with Crippen LogP contribution in [0.3, 0.4) is 0 Å². The molecule has 0 spiro atoms. The maximum atomic E-state index is 12.5. The highest BCUT2D eigenvalue weighted by Crippen LogP contribution is 2.26. The van der Waals surface area contributed by atoms with Crippen molar-refractivity contribution in [3.05, 3.63) is 28.8 Å². The van der Waals surface area contributed by atoms with E-state index < -0.39 is 0 Å². The van der Waals surface area contributed by atoms with Crippen molar-refractivity contribution in [1.29, 1.82) is 0 Å². The predicted molar refractivity (Wildman–Crippen MR) is 89.0 cm³/mol. The van der Waals surface area contributed by atoms with Gasteiger partial charge in [-0.1, -0.05) is 24.6 Å². The van der Waals surface area contributed by atoms with Crippen LogP contribution in [0.25, 0.3) is 0 Å². The molecule has 21 heavy (non-hydrogen) atoms. The van der Waals surface area contributed by atoms with Crippen LogP contribution < -0.4 is 10.2 Å². The zero-order chi connectivity index (χ0) is 15.4. The molecule has 0 radical (unpaired) electrons. The number of nitrogens with zero attached hydrogens (tertiary/aromatic N) is 1. The number of aryl methyl sites for hydroxylation is 1. The lowest BCUT2D eigenvalue weighted by Gasteiger charge is -2.29. The van der Waals surface area contributed by atoms with Crippen molar-refractivity contribution in [2.75, 3.05) is 25.0 Å². The van der Waals surface area contributed by atoms with E-state index in [0.717, 1.165) is 24.3 Å². The summed E-state index contributed by atoms with van der Waals surface area (Å²) in [6.45, 7) is 6.30. The molecule has 1 amide bonds. The van der Waals surface area contributed by atoms with Crippen LogP contribution in [0.1, 0.15) is 31.7 Å². The Kier molecular flexibility index (Phi) is 5.65. The fourth-order valence-corrected chi connectivity index (χ4v) is 3.05. The second-order valence-electron chi connectivity index (χ2n) is 6.17. The number of rotatable bonds is 4. The zero-order valence-electron chi connectivity index (χ0n) is 13.2. The number of piperidine rings is 1. The summed E-state index contributed by atoms with van der Waals surface area (Å²) in [5.41, 5.74) is 1.90. The quantitative estimate of drug-likeness (QED) is 0.921. The van der Waals surface area contributed by atoms with E-state index in [-0.39, 0.29) is 5.91 Å². The number of nitrogens with one attached hydrogen (secondary N) is 1. The van der Waals surface area contributed by atoms with E-state index in [0.29, 0.717) is 23.3 Å². The van der Waals surface area contributed by atoms with Crippen LogP contribution in [-0.4, -0.2) is 26.0 Å². The molecule has 0 aromatic heterocycles. The topological polar surface area (TPSA) is 32.3 Å². The Morgan fingerprint density at radius 1 is 1.52 bits per heavy atom. The molecule has 2 atom stereocenters. The minimum atomic E-state index is 0.160. The van der Waals surface area contributed by atoms with Crippen molar-refractivity contribution in [3.63, 3.8) is 0 Å². The molecule has 1 N–H and O–H groups in total. The number of halogens is 1. The average molecular weight is 309 g/mol. The number of anilines is 1. The molecule has 1 aromatic rings. The third kappa shape index (κ3) is 4.21. The highest BCUT2D eigenvalue weighted by Gasteiger charge is 2.23. The van der Waals surface area contributed by atoms with Crippen molar-refractivity contribution in [2.24, 2.45) is 11.8 Å². The van der Waals surface area contributed by atoms with Gasteiger partial charge >= 0.3 is 0 Å². The zero-order valence-corrected chi connectivity index (χ0v) is 13.9. The SMILES string of the molecule is Cc1ccc(N(C)C(=O)CC(C)C2CCCNC2)cc1Cl. The first-order chi connectivity index (χ1) is 9.99. The van der Waals surface area contributed by atoms with Crippen LogP contribution in [0.4, 0.5) is 5.69 Å². The van der Waals surface area contributed by atoms with Gasteiger partial charge in [0.15, 0.2) is 0 Å². The summed E-state index contributed by atoms with van der Waals surface area (Å²) >= 11 is 6.14. The molecular weight excluding hydrogens is 284 g/mol. The highest BCUT2D eigenvalue weighted by atomic mass is 35.5. The summed E-state index contributed by atoms with van der Waals surface area (Å²) in [5.74, 6) is 1.18. The fraction of sp³-hybridized carbons (Fsp3) is 0.588. The van der Waals surface area contributed by atoms with E-state index in [9.17, 15) is 4.79 Å². The fourth-order valence-electron chi connectivity index (χ4n) is 2.88. The molecule has 1 heterocycles. The molecule has 116 valence electrons. The second-order valence-corrected chi connectivity index (χ2v) is 6.58. The van der Waals surface area contributed by atoms with Crippen molar-refractivity contribution in [3.8, 4) is 0 Å². The van der Waals surface area contributed by atoms with Crippen LogP contribution in [0.15, 0.2) is 18.2 Å². The van der Waals surface area contributed by atoms with E-state index >= 15 is 0 Å². The van der Waals surface area contributed by atoms with E-state index in [1.807, 2.05) is 32.2 Å². The Bertz CT molecular complexity index is 498. The molecule has 1 aliphatic heterocycles. The van der Waals surface area contributed by atoms with Crippen LogP contribution in [0.2, 0.25) is 5.02 Å². The van der Waals surface area contributed by atoms with E-state index in [1.54, 1.807) is 4.90 Å². The van der Waals surface area contributed by atoms with Crippen molar-refractivity contribution < 1.29 is 4.79 Å². The first-order valence-electron chi connectivity index (χ1n) is 7.72. The van der Waals surface area contributed by atoms with Gasteiger partial charge in [-0.2, -0.15) is 0 Å². The monoisotopic (exact) mass is 308 g/mol. The van der Waals surface area contributed by atoms with E-state index in [2.05, 4.69) is 12.2 Å². The summed E-state index contributed by atoms with van der Waals surface area (Å²) in [6, 6.07) is 5.77. The van der Waals surface area contributed by atoms with Crippen molar-refractivity contribution in [2.45, 2.75) is 33.1 Å². The van der Waals surface area contributed by atoms with Gasteiger partial charge in [-0.3, -0.25) is 4.79 Å². The third-order valence-corrected chi connectivity index (χ3v) is 4.96. The first kappa shape index (κ1) is 16.3. The van der Waals surface area contributed by atoms with Gasteiger partial charge in [0.05, 0.1) is 0 Å². The van der Waals surface area contributed by atoms with Gasteiger partial charge in [-0.05, 0) is 62.4 Å². The highest BCUT2D eigenvalue weighted by molar-refractivity contribution is 6.31. The largest absolute Gasteiger partial charge is 0.316 e. The number of benzene rings is 1. The molecule has 3 nitrogen and oxygen atoms in total. The molecule has 1 fully saturated rings. The Hall–Kier alpha value is -1.06. The van der Waals surface area contributed by atoms with Crippen LogP contribution in [0, 0.1) is 18.8 Å². The molecule has 0 bridgehead atoms. The Balaban J connectivity index is 1.96. The number of amides is 1. The molecule has 1 aromatic carbocycles. The lowest BCUT2D eigenvalue weighted by Crippen LogP contribution is -2.36. The molecule has 0 saturated carbocycles. The molecule has 1 aliphatic rings. The average Bonchev–Trinajstić information content (AvgIpc) is 2.50. The number of hydrogen-bond acceptors (Lipinski definition) is 2. The number of carbonyl (C=O) groups is 1. The van der Waals surface area contributed by atoms with Gasteiger partial charge in [0.25, 0.3) is 0 Å². The Labute approximate surface area is 132 Å². The van der Waals surface area contributed by atoms with Crippen LogP contribution in [-0.2, 0) is 4.79 Å². The second kappa shape index (κ2) is 7.28. The van der Waals surface area contributed by atoms with E-state index in [4.69, 9.17) is 11.6 Å². The minimum absolute atomic E-state index is 0.160. The maximum absolute atomic E-state index is 12.5. The summed E-state index contributed by atoms with van der Waals surface area (Å²) in [6.07, 6.45) is 3.03.